The predicted molar refractivity (Wildman–Crippen MR) is 109 cm³/mol. The van der Waals surface area contributed by atoms with Crippen molar-refractivity contribution in [3.8, 4) is 0 Å². The van der Waals surface area contributed by atoms with Gasteiger partial charge in [0.25, 0.3) is 0 Å². The van der Waals surface area contributed by atoms with Crippen LogP contribution < -0.4 is 10.6 Å². The number of nitrogens with zero attached hydrogens (tertiary/aromatic N) is 4. The van der Waals surface area contributed by atoms with Crippen LogP contribution in [0.2, 0.25) is 0 Å². The summed E-state index contributed by atoms with van der Waals surface area (Å²) in [6.45, 7) is 5.86. The molecule has 2 aromatic heterocycles. The molecule has 1 aliphatic rings. The van der Waals surface area contributed by atoms with Crippen LogP contribution in [0.4, 0.5) is 0 Å². The first-order valence-electron chi connectivity index (χ1n) is 9.69. The van der Waals surface area contributed by atoms with Crippen LogP contribution >= 0.6 is 11.3 Å². The monoisotopic (exact) mass is 390 g/mol. The van der Waals surface area contributed by atoms with Gasteiger partial charge in [-0.3, -0.25) is 0 Å². The molecular weight excluding hydrogens is 360 g/mol. The highest BCUT2D eigenvalue weighted by atomic mass is 32.1. The van der Waals surface area contributed by atoms with Crippen LogP contribution in [0.3, 0.4) is 0 Å². The van der Waals surface area contributed by atoms with Crippen molar-refractivity contribution in [2.75, 3.05) is 26.3 Å². The van der Waals surface area contributed by atoms with Crippen molar-refractivity contribution in [1.82, 2.24) is 25.4 Å². The summed E-state index contributed by atoms with van der Waals surface area (Å²) in [5, 5.41) is 17.2. The molecule has 2 aromatic rings. The number of aromatic nitrogens is 3. The molecule has 0 aliphatic heterocycles. The fourth-order valence-corrected chi connectivity index (χ4v) is 3.30. The average molecular weight is 391 g/mol. The molecule has 2 heterocycles. The van der Waals surface area contributed by atoms with Gasteiger partial charge in [-0.1, -0.05) is 6.07 Å². The second-order valence-corrected chi connectivity index (χ2v) is 7.97. The first kappa shape index (κ1) is 19.8. The van der Waals surface area contributed by atoms with E-state index in [0.29, 0.717) is 6.54 Å². The first-order valence-corrected chi connectivity index (χ1v) is 10.6. The third kappa shape index (κ3) is 6.95. The van der Waals surface area contributed by atoms with Crippen molar-refractivity contribution >= 4 is 17.3 Å². The van der Waals surface area contributed by atoms with E-state index >= 15 is 0 Å². The maximum atomic E-state index is 5.70. The standard InChI is InChI=1S/C19H30N6OS/c1-15-23-24-18(25(15)2)13-22-19(21-10-8-17-5-3-12-27-17)20-9-4-11-26-14-16-6-7-16/h3,5,12,16H,4,6-11,13-14H2,1-2H3,(H2,20,21,22). The molecule has 8 heteroatoms. The Kier molecular flexibility index (Phi) is 7.65. The number of thiophene rings is 1. The van der Waals surface area contributed by atoms with Crippen LogP contribution in [0.25, 0.3) is 0 Å². The summed E-state index contributed by atoms with van der Waals surface area (Å²) >= 11 is 1.79. The molecule has 148 valence electrons. The molecule has 0 amide bonds. The zero-order valence-electron chi connectivity index (χ0n) is 16.3. The van der Waals surface area contributed by atoms with Crippen LogP contribution in [-0.2, 0) is 24.8 Å². The highest BCUT2D eigenvalue weighted by Crippen LogP contribution is 2.28. The molecular formula is C19H30N6OS. The van der Waals surface area contributed by atoms with Crippen molar-refractivity contribution in [3.63, 3.8) is 0 Å². The van der Waals surface area contributed by atoms with Gasteiger partial charge in [-0.25, -0.2) is 4.99 Å². The maximum Gasteiger partial charge on any atom is 0.191 e. The lowest BCUT2D eigenvalue weighted by atomic mass is 10.3. The second kappa shape index (κ2) is 10.4. The summed E-state index contributed by atoms with van der Waals surface area (Å²) in [7, 11) is 1.97. The molecule has 0 spiro atoms. The zero-order valence-corrected chi connectivity index (χ0v) is 17.1. The Morgan fingerprint density at radius 2 is 2.19 bits per heavy atom. The average Bonchev–Trinajstić information content (AvgIpc) is 3.25. The summed E-state index contributed by atoms with van der Waals surface area (Å²) < 4.78 is 7.67. The van der Waals surface area contributed by atoms with E-state index in [1.165, 1.54) is 17.7 Å². The molecule has 2 N–H and O–H groups in total. The molecule has 0 saturated heterocycles. The van der Waals surface area contributed by atoms with Gasteiger partial charge in [0.05, 0.1) is 0 Å². The summed E-state index contributed by atoms with van der Waals surface area (Å²) in [5.74, 6) is 3.39. The molecule has 0 radical (unpaired) electrons. The van der Waals surface area contributed by atoms with E-state index in [0.717, 1.165) is 62.7 Å². The Morgan fingerprint density at radius 3 is 2.89 bits per heavy atom. The van der Waals surface area contributed by atoms with Gasteiger partial charge in [0.2, 0.25) is 0 Å². The minimum Gasteiger partial charge on any atom is -0.381 e. The number of aryl methyl sites for hydroxylation is 1. The van der Waals surface area contributed by atoms with E-state index < -0.39 is 0 Å². The fraction of sp³-hybridized carbons (Fsp3) is 0.632. The lowest BCUT2D eigenvalue weighted by Gasteiger charge is -2.12. The fourth-order valence-electron chi connectivity index (χ4n) is 2.59. The summed E-state index contributed by atoms with van der Waals surface area (Å²) in [6.07, 6.45) is 4.64. The van der Waals surface area contributed by atoms with Gasteiger partial charge < -0.3 is 19.9 Å². The van der Waals surface area contributed by atoms with Crippen molar-refractivity contribution in [2.45, 2.75) is 39.2 Å². The van der Waals surface area contributed by atoms with Gasteiger partial charge in [0.1, 0.15) is 12.4 Å². The zero-order chi connectivity index (χ0) is 18.9. The van der Waals surface area contributed by atoms with Gasteiger partial charge in [-0.15, -0.1) is 21.5 Å². The smallest absolute Gasteiger partial charge is 0.191 e. The van der Waals surface area contributed by atoms with Crippen molar-refractivity contribution in [3.05, 3.63) is 34.0 Å². The normalized spacial score (nSPS) is 14.5. The number of ether oxygens (including phenoxy) is 1. The largest absolute Gasteiger partial charge is 0.381 e. The molecule has 7 nitrogen and oxygen atoms in total. The van der Waals surface area contributed by atoms with Gasteiger partial charge >= 0.3 is 0 Å². The highest BCUT2D eigenvalue weighted by Gasteiger charge is 2.20. The van der Waals surface area contributed by atoms with Crippen LogP contribution in [0, 0.1) is 12.8 Å². The molecule has 1 aliphatic carbocycles. The van der Waals surface area contributed by atoms with Crippen LogP contribution in [0.15, 0.2) is 22.5 Å². The van der Waals surface area contributed by atoms with Gasteiger partial charge in [0, 0.05) is 38.2 Å². The van der Waals surface area contributed by atoms with E-state index in [4.69, 9.17) is 4.74 Å². The van der Waals surface area contributed by atoms with Gasteiger partial charge in [-0.05, 0) is 50.0 Å². The number of rotatable bonds is 11. The molecule has 0 atom stereocenters. The van der Waals surface area contributed by atoms with E-state index in [2.05, 4.69) is 43.3 Å². The molecule has 0 bridgehead atoms. The quantitative estimate of drug-likeness (QED) is 0.350. The topological polar surface area (TPSA) is 76.4 Å². The predicted octanol–water partition coefficient (Wildman–Crippen LogP) is 2.28. The SMILES string of the molecule is Cc1nnc(CN=C(NCCCOCC2CC2)NCCc2cccs2)n1C. The van der Waals surface area contributed by atoms with E-state index in [-0.39, 0.29) is 0 Å². The highest BCUT2D eigenvalue weighted by molar-refractivity contribution is 7.09. The summed E-state index contributed by atoms with van der Waals surface area (Å²) in [4.78, 5) is 6.05. The number of nitrogens with one attached hydrogen (secondary N) is 2. The molecule has 27 heavy (non-hydrogen) atoms. The molecule has 0 unspecified atom stereocenters. The lowest BCUT2D eigenvalue weighted by molar-refractivity contribution is 0.123. The Balaban J connectivity index is 1.44. The molecule has 1 fully saturated rings. The van der Waals surface area contributed by atoms with Crippen LogP contribution in [-0.4, -0.2) is 47.0 Å². The molecule has 0 aromatic carbocycles. The Hall–Kier alpha value is -1.93. The second-order valence-electron chi connectivity index (χ2n) is 6.94. The van der Waals surface area contributed by atoms with Crippen molar-refractivity contribution in [2.24, 2.45) is 18.0 Å². The van der Waals surface area contributed by atoms with E-state index in [1.54, 1.807) is 11.3 Å². The third-order valence-electron chi connectivity index (χ3n) is 4.61. The third-order valence-corrected chi connectivity index (χ3v) is 5.55. The molecule has 3 rings (SSSR count). The maximum absolute atomic E-state index is 5.70. The number of hydrogen-bond donors (Lipinski definition) is 2. The van der Waals surface area contributed by atoms with E-state index in [9.17, 15) is 0 Å². The Labute approximate surface area is 165 Å². The Bertz CT molecular complexity index is 708. The van der Waals surface area contributed by atoms with Crippen LogP contribution in [0.1, 0.15) is 35.8 Å². The van der Waals surface area contributed by atoms with Crippen LogP contribution in [0.5, 0.6) is 0 Å². The minimum atomic E-state index is 0.504. The number of hydrogen-bond acceptors (Lipinski definition) is 5. The summed E-state index contributed by atoms with van der Waals surface area (Å²) in [6, 6.07) is 4.25. The molecule has 1 saturated carbocycles. The van der Waals surface area contributed by atoms with Gasteiger partial charge in [-0.2, -0.15) is 0 Å². The lowest BCUT2D eigenvalue weighted by Crippen LogP contribution is -2.39. The van der Waals surface area contributed by atoms with Crippen molar-refractivity contribution < 1.29 is 4.74 Å². The number of guanidine groups is 1. The van der Waals surface area contributed by atoms with Gasteiger partial charge in [0.15, 0.2) is 11.8 Å². The van der Waals surface area contributed by atoms with E-state index in [1.807, 2.05) is 18.5 Å². The van der Waals surface area contributed by atoms with Crippen molar-refractivity contribution in [1.29, 1.82) is 0 Å². The summed E-state index contributed by atoms with van der Waals surface area (Å²) in [5.41, 5.74) is 0. The first-order chi connectivity index (χ1) is 13.2. The Morgan fingerprint density at radius 1 is 1.33 bits per heavy atom. The minimum absolute atomic E-state index is 0.504. The number of aliphatic imine (C=N–C) groups is 1.